The number of fused-ring (bicyclic) bond motifs is 3. The van der Waals surface area contributed by atoms with Gasteiger partial charge in [-0.2, -0.15) is 5.10 Å². The van der Waals surface area contributed by atoms with Gasteiger partial charge in [-0.05, 0) is 22.3 Å². The van der Waals surface area contributed by atoms with Crippen molar-refractivity contribution in [1.82, 2.24) is 20.0 Å². The molecule has 1 aromatic heterocycles. The number of nitrogens with one attached hydrogen (secondary N) is 1. The number of aliphatic hydroxyl groups excluding tert-OH is 1. The van der Waals surface area contributed by atoms with E-state index in [-0.39, 0.29) is 19.1 Å². The van der Waals surface area contributed by atoms with Gasteiger partial charge in [0.05, 0.1) is 12.8 Å². The molecule has 35 heavy (non-hydrogen) atoms. The first-order valence-corrected chi connectivity index (χ1v) is 11.1. The molecule has 2 aromatic carbocycles. The minimum Gasteiger partial charge on any atom is -0.480 e. The van der Waals surface area contributed by atoms with Gasteiger partial charge in [0.15, 0.2) is 0 Å². The molecular weight excluding hydrogens is 452 g/mol. The number of carbonyl (C=O) groups excluding carboxylic acids is 2. The molecule has 1 unspecified atom stereocenters. The number of aliphatic carboxylic acids is 1. The Kier molecular flexibility index (Phi) is 7.11. The zero-order valence-electron chi connectivity index (χ0n) is 19.1. The summed E-state index contributed by atoms with van der Waals surface area (Å²) in [5, 5.41) is 25.0. The highest BCUT2D eigenvalue weighted by Gasteiger charge is 2.32. The molecule has 1 heterocycles. The van der Waals surface area contributed by atoms with Crippen LogP contribution in [0.4, 0.5) is 4.79 Å². The number of benzene rings is 2. The maximum atomic E-state index is 13.1. The van der Waals surface area contributed by atoms with Crippen LogP contribution in [0, 0.1) is 0 Å². The fourth-order valence-corrected chi connectivity index (χ4v) is 4.37. The first-order valence-electron chi connectivity index (χ1n) is 11.1. The lowest BCUT2D eigenvalue weighted by Crippen LogP contribution is -2.46. The fraction of sp³-hybridized carbons (Fsp3) is 0.280. The maximum Gasteiger partial charge on any atom is 0.408 e. The number of aromatic nitrogens is 2. The van der Waals surface area contributed by atoms with Gasteiger partial charge < -0.3 is 25.2 Å². The van der Waals surface area contributed by atoms with E-state index in [0.29, 0.717) is 5.56 Å². The van der Waals surface area contributed by atoms with Gasteiger partial charge in [0.1, 0.15) is 19.2 Å². The van der Waals surface area contributed by atoms with E-state index in [1.807, 2.05) is 48.5 Å². The Morgan fingerprint density at radius 3 is 2.29 bits per heavy atom. The molecule has 0 saturated heterocycles. The molecule has 0 spiro atoms. The lowest BCUT2D eigenvalue weighted by molar-refractivity contribution is -0.145. The highest BCUT2D eigenvalue weighted by Crippen LogP contribution is 2.44. The van der Waals surface area contributed by atoms with Crippen molar-refractivity contribution in [1.29, 1.82) is 0 Å². The standard InChI is InChI=1S/C25H26N4O6/c1-28-13-16(12-26-28)23(24(33)29(10-11-30)14-22(31)32)27-25(34)35-15-21-19-8-4-2-6-17(19)18-7-3-5-9-20(18)21/h2-9,12-13,21,23,30H,10-11,14-15H2,1H3,(H,27,34)(H,31,32). The molecule has 10 nitrogen and oxygen atoms in total. The quantitative estimate of drug-likeness (QED) is 0.428. The molecule has 4 rings (SSSR count). The summed E-state index contributed by atoms with van der Waals surface area (Å²) in [6.07, 6.45) is 2.13. The number of alkyl carbamates (subject to hydrolysis) is 1. The van der Waals surface area contributed by atoms with Gasteiger partial charge in [0.25, 0.3) is 5.91 Å². The Bertz CT molecular complexity index is 1190. The van der Waals surface area contributed by atoms with E-state index in [4.69, 9.17) is 9.84 Å². The summed E-state index contributed by atoms with van der Waals surface area (Å²) in [6, 6.07) is 14.6. The molecule has 0 fully saturated rings. The SMILES string of the molecule is Cn1cc(C(NC(=O)OCC2c3ccccc3-c3ccccc32)C(=O)N(CCO)CC(=O)O)cn1. The van der Waals surface area contributed by atoms with Gasteiger partial charge in [0.2, 0.25) is 0 Å². The van der Waals surface area contributed by atoms with Crippen molar-refractivity contribution in [3.05, 3.63) is 77.6 Å². The Balaban J connectivity index is 1.51. The fourth-order valence-electron chi connectivity index (χ4n) is 4.37. The summed E-state index contributed by atoms with van der Waals surface area (Å²) in [5.41, 5.74) is 4.65. The predicted octanol–water partition coefficient (Wildman–Crippen LogP) is 1.91. The van der Waals surface area contributed by atoms with Crippen molar-refractivity contribution in [3.8, 4) is 11.1 Å². The average Bonchev–Trinajstić information content (AvgIpc) is 3.41. The first-order chi connectivity index (χ1) is 16.9. The van der Waals surface area contributed by atoms with Gasteiger partial charge in [-0.1, -0.05) is 48.5 Å². The van der Waals surface area contributed by atoms with Crippen LogP contribution in [0.1, 0.15) is 28.7 Å². The van der Waals surface area contributed by atoms with Crippen LogP contribution in [0.15, 0.2) is 60.9 Å². The number of hydrogen-bond donors (Lipinski definition) is 3. The van der Waals surface area contributed by atoms with E-state index in [0.717, 1.165) is 27.2 Å². The number of aryl methyl sites for hydroxylation is 1. The van der Waals surface area contributed by atoms with E-state index < -0.39 is 37.2 Å². The van der Waals surface area contributed by atoms with Crippen LogP contribution in [0.5, 0.6) is 0 Å². The second kappa shape index (κ2) is 10.4. The zero-order chi connectivity index (χ0) is 24.9. The van der Waals surface area contributed by atoms with Crippen molar-refractivity contribution in [2.75, 3.05) is 26.3 Å². The smallest absolute Gasteiger partial charge is 0.408 e. The Labute approximate surface area is 201 Å². The number of carbonyl (C=O) groups is 3. The van der Waals surface area contributed by atoms with Crippen LogP contribution in [0.25, 0.3) is 11.1 Å². The van der Waals surface area contributed by atoms with Crippen LogP contribution >= 0.6 is 0 Å². The number of aliphatic hydroxyl groups is 1. The van der Waals surface area contributed by atoms with Crippen LogP contribution < -0.4 is 5.32 Å². The molecule has 2 amide bonds. The number of carboxylic acid groups (broad SMARTS) is 1. The number of rotatable bonds is 9. The van der Waals surface area contributed by atoms with E-state index in [2.05, 4.69) is 10.4 Å². The molecule has 1 atom stereocenters. The molecule has 3 aromatic rings. The van der Waals surface area contributed by atoms with Gasteiger partial charge >= 0.3 is 12.1 Å². The van der Waals surface area contributed by atoms with Crippen LogP contribution in [-0.4, -0.2) is 69.2 Å². The molecule has 0 bridgehead atoms. The second-order valence-electron chi connectivity index (χ2n) is 8.23. The highest BCUT2D eigenvalue weighted by atomic mass is 16.5. The molecule has 10 heteroatoms. The van der Waals surface area contributed by atoms with Crippen molar-refractivity contribution in [2.45, 2.75) is 12.0 Å². The van der Waals surface area contributed by atoms with Crippen LogP contribution in [0.3, 0.4) is 0 Å². The topological polar surface area (TPSA) is 134 Å². The maximum absolute atomic E-state index is 13.1. The molecule has 182 valence electrons. The highest BCUT2D eigenvalue weighted by molar-refractivity contribution is 5.89. The molecular formula is C25H26N4O6. The number of amides is 2. The monoisotopic (exact) mass is 478 g/mol. The third-order valence-electron chi connectivity index (χ3n) is 5.92. The third-order valence-corrected chi connectivity index (χ3v) is 5.92. The van der Waals surface area contributed by atoms with Crippen LogP contribution in [0.2, 0.25) is 0 Å². The zero-order valence-corrected chi connectivity index (χ0v) is 19.1. The van der Waals surface area contributed by atoms with Crippen molar-refractivity contribution in [3.63, 3.8) is 0 Å². The molecule has 3 N–H and O–H groups in total. The minimum atomic E-state index is -1.24. The van der Waals surface area contributed by atoms with E-state index in [1.165, 1.54) is 10.9 Å². The third kappa shape index (κ3) is 5.17. The Morgan fingerprint density at radius 1 is 1.11 bits per heavy atom. The predicted molar refractivity (Wildman–Crippen MR) is 125 cm³/mol. The molecule has 1 aliphatic rings. The van der Waals surface area contributed by atoms with E-state index in [1.54, 1.807) is 13.2 Å². The van der Waals surface area contributed by atoms with Crippen molar-refractivity contribution < 1.29 is 29.3 Å². The largest absolute Gasteiger partial charge is 0.480 e. The van der Waals surface area contributed by atoms with Gasteiger partial charge in [-0.25, -0.2) is 4.79 Å². The molecule has 0 aliphatic heterocycles. The number of hydrogen-bond acceptors (Lipinski definition) is 6. The van der Waals surface area contributed by atoms with Crippen molar-refractivity contribution >= 4 is 18.0 Å². The minimum absolute atomic E-state index is 0.0588. The molecule has 0 saturated carbocycles. The van der Waals surface area contributed by atoms with Gasteiger partial charge in [0, 0.05) is 31.3 Å². The Morgan fingerprint density at radius 2 is 1.74 bits per heavy atom. The summed E-state index contributed by atoms with van der Waals surface area (Å²) in [6.45, 7) is -1.19. The Hall–Kier alpha value is -4.18. The molecule has 1 aliphatic carbocycles. The van der Waals surface area contributed by atoms with Crippen molar-refractivity contribution in [2.24, 2.45) is 7.05 Å². The summed E-state index contributed by atoms with van der Waals surface area (Å²) >= 11 is 0. The normalized spacial score (nSPS) is 13.0. The summed E-state index contributed by atoms with van der Waals surface area (Å²) < 4.78 is 7.02. The average molecular weight is 479 g/mol. The summed E-state index contributed by atoms with van der Waals surface area (Å²) in [7, 11) is 1.65. The van der Waals surface area contributed by atoms with Gasteiger partial charge in [-0.15, -0.1) is 0 Å². The lowest BCUT2D eigenvalue weighted by Gasteiger charge is -2.25. The molecule has 0 radical (unpaired) electrons. The van der Waals surface area contributed by atoms with E-state index in [9.17, 15) is 19.5 Å². The lowest BCUT2D eigenvalue weighted by atomic mass is 9.98. The number of ether oxygens (including phenoxy) is 1. The second-order valence-corrected chi connectivity index (χ2v) is 8.23. The van der Waals surface area contributed by atoms with Gasteiger partial charge in [-0.3, -0.25) is 14.3 Å². The van der Waals surface area contributed by atoms with Crippen LogP contribution in [-0.2, 0) is 21.4 Å². The first kappa shape index (κ1) is 24.0. The number of carboxylic acids is 1. The van der Waals surface area contributed by atoms with E-state index >= 15 is 0 Å². The number of nitrogens with zero attached hydrogens (tertiary/aromatic N) is 3. The summed E-state index contributed by atoms with van der Waals surface area (Å²) in [4.78, 5) is 38.2. The summed E-state index contributed by atoms with van der Waals surface area (Å²) in [5.74, 6) is -2.08.